The number of aliphatic imine (C=N–C) groups is 1. The van der Waals surface area contributed by atoms with Crippen LogP contribution in [0.25, 0.3) is 0 Å². The van der Waals surface area contributed by atoms with Crippen LogP contribution in [0.4, 0.5) is 23.2 Å². The van der Waals surface area contributed by atoms with Gasteiger partial charge in [0.25, 0.3) is 0 Å². The summed E-state index contributed by atoms with van der Waals surface area (Å²) in [6.07, 6.45) is -3.73. The normalized spacial score (nSPS) is 10.9. The van der Waals surface area contributed by atoms with Gasteiger partial charge >= 0.3 is 6.18 Å². The fourth-order valence-corrected chi connectivity index (χ4v) is 0.886. The molecule has 0 radical (unpaired) electrons. The predicted molar refractivity (Wildman–Crippen MR) is 39.2 cm³/mol. The maximum Gasteiger partial charge on any atom is 0.418 e. The van der Waals surface area contributed by atoms with Gasteiger partial charge in [-0.25, -0.2) is 9.18 Å². The van der Waals surface area contributed by atoms with Gasteiger partial charge in [-0.3, -0.25) is 0 Å². The van der Waals surface area contributed by atoms with Gasteiger partial charge in [-0.05, 0) is 12.1 Å². The van der Waals surface area contributed by atoms with Crippen molar-refractivity contribution in [2.75, 3.05) is 0 Å². The molecule has 1 rings (SSSR count). The zero-order valence-corrected chi connectivity index (χ0v) is 6.60. The molecule has 0 unspecified atom stereocenters. The van der Waals surface area contributed by atoms with Crippen molar-refractivity contribution in [3.05, 3.63) is 29.6 Å². The van der Waals surface area contributed by atoms with E-state index in [1.54, 1.807) is 0 Å². The first-order valence-corrected chi connectivity index (χ1v) is 3.40. The Morgan fingerprint density at radius 1 is 1.29 bits per heavy atom. The molecule has 1 aromatic rings. The van der Waals surface area contributed by atoms with Crippen molar-refractivity contribution in [3.8, 4) is 0 Å². The van der Waals surface area contributed by atoms with Gasteiger partial charge in [0, 0.05) is 6.07 Å². The molecule has 0 bridgehead atoms. The van der Waals surface area contributed by atoms with Gasteiger partial charge in [-0.15, -0.1) is 0 Å². The Hall–Kier alpha value is -1.68. The van der Waals surface area contributed by atoms with E-state index in [1.165, 1.54) is 0 Å². The highest BCUT2D eigenvalue weighted by atomic mass is 19.4. The average molecular weight is 205 g/mol. The Labute approximate surface area is 75.9 Å². The summed E-state index contributed by atoms with van der Waals surface area (Å²) in [4.78, 5) is 12.6. The Morgan fingerprint density at radius 3 is 2.43 bits per heavy atom. The monoisotopic (exact) mass is 205 g/mol. The smallest absolute Gasteiger partial charge is 0.211 e. The summed E-state index contributed by atoms with van der Waals surface area (Å²) in [7, 11) is 0. The number of hydrogen-bond acceptors (Lipinski definition) is 2. The lowest BCUT2D eigenvalue weighted by atomic mass is 10.1. The highest BCUT2D eigenvalue weighted by Gasteiger charge is 2.33. The Balaban J connectivity index is 3.36. The minimum Gasteiger partial charge on any atom is -0.211 e. The van der Waals surface area contributed by atoms with Gasteiger partial charge in [-0.2, -0.15) is 18.2 Å². The van der Waals surface area contributed by atoms with Crippen LogP contribution in [0.5, 0.6) is 0 Å². The van der Waals surface area contributed by atoms with Gasteiger partial charge in [-0.1, -0.05) is 0 Å². The summed E-state index contributed by atoms with van der Waals surface area (Å²) in [6, 6.07) is 1.69. The van der Waals surface area contributed by atoms with Gasteiger partial charge in [0.15, 0.2) is 0 Å². The quantitative estimate of drug-likeness (QED) is 0.393. The zero-order chi connectivity index (χ0) is 10.8. The van der Waals surface area contributed by atoms with Crippen LogP contribution in [-0.2, 0) is 11.0 Å². The lowest BCUT2D eigenvalue weighted by molar-refractivity contribution is -0.137. The van der Waals surface area contributed by atoms with Crippen LogP contribution in [0.15, 0.2) is 23.2 Å². The molecule has 0 aliphatic carbocycles. The van der Waals surface area contributed by atoms with E-state index >= 15 is 0 Å². The van der Waals surface area contributed by atoms with Crippen molar-refractivity contribution in [1.29, 1.82) is 0 Å². The van der Waals surface area contributed by atoms with Crippen molar-refractivity contribution in [2.45, 2.75) is 6.18 Å². The van der Waals surface area contributed by atoms with Crippen LogP contribution in [0, 0.1) is 5.82 Å². The van der Waals surface area contributed by atoms with E-state index in [4.69, 9.17) is 0 Å². The van der Waals surface area contributed by atoms with Crippen LogP contribution < -0.4 is 0 Å². The summed E-state index contributed by atoms with van der Waals surface area (Å²) >= 11 is 0. The molecule has 6 heteroatoms. The molecule has 0 atom stereocenters. The van der Waals surface area contributed by atoms with E-state index in [1.807, 2.05) is 0 Å². The van der Waals surface area contributed by atoms with Crippen molar-refractivity contribution in [3.63, 3.8) is 0 Å². The van der Waals surface area contributed by atoms with E-state index in [2.05, 4.69) is 4.99 Å². The topological polar surface area (TPSA) is 29.4 Å². The number of rotatable bonds is 1. The van der Waals surface area contributed by atoms with E-state index in [0.717, 1.165) is 6.08 Å². The molecule has 0 amide bonds. The number of alkyl halides is 3. The molecule has 0 saturated heterocycles. The van der Waals surface area contributed by atoms with E-state index in [0.29, 0.717) is 18.2 Å². The molecular formula is C8H3F4NO. The first kappa shape index (κ1) is 10.4. The van der Waals surface area contributed by atoms with Crippen LogP contribution in [0.3, 0.4) is 0 Å². The number of carbonyl (C=O) groups excluding carboxylic acids is 1. The minimum atomic E-state index is -4.66. The summed E-state index contributed by atoms with van der Waals surface area (Å²) < 4.78 is 49.1. The van der Waals surface area contributed by atoms with Crippen molar-refractivity contribution in [1.82, 2.24) is 0 Å². The maximum atomic E-state index is 12.5. The van der Waals surface area contributed by atoms with Gasteiger partial charge in [0.2, 0.25) is 6.08 Å². The Bertz CT molecular complexity index is 393. The zero-order valence-electron chi connectivity index (χ0n) is 6.60. The molecule has 1 aromatic carbocycles. The second-order valence-electron chi connectivity index (χ2n) is 2.36. The number of nitrogens with zero attached hydrogens (tertiary/aromatic N) is 1. The number of benzene rings is 1. The van der Waals surface area contributed by atoms with Crippen molar-refractivity contribution >= 4 is 11.8 Å². The van der Waals surface area contributed by atoms with Crippen LogP contribution in [0.2, 0.25) is 0 Å². The van der Waals surface area contributed by atoms with E-state index in [9.17, 15) is 22.4 Å². The van der Waals surface area contributed by atoms with Gasteiger partial charge < -0.3 is 0 Å². The van der Waals surface area contributed by atoms with Crippen molar-refractivity contribution < 1.29 is 22.4 Å². The second-order valence-corrected chi connectivity index (χ2v) is 2.36. The summed E-state index contributed by atoms with van der Waals surface area (Å²) in [6.45, 7) is 0. The number of halogens is 4. The lowest BCUT2D eigenvalue weighted by Gasteiger charge is -2.08. The minimum absolute atomic E-state index is 0.519. The van der Waals surface area contributed by atoms with Crippen LogP contribution in [-0.4, -0.2) is 6.08 Å². The lowest BCUT2D eigenvalue weighted by Crippen LogP contribution is -2.05. The average Bonchev–Trinajstić information content (AvgIpc) is 2.02. The van der Waals surface area contributed by atoms with E-state index in [-0.39, 0.29) is 0 Å². The van der Waals surface area contributed by atoms with Gasteiger partial charge in [0.05, 0.1) is 11.3 Å². The molecule has 14 heavy (non-hydrogen) atoms. The number of isocyanates is 1. The molecule has 0 aliphatic rings. The third-order valence-electron chi connectivity index (χ3n) is 1.43. The Kier molecular flexibility index (Phi) is 2.67. The molecule has 0 heterocycles. The third-order valence-corrected chi connectivity index (χ3v) is 1.43. The highest BCUT2D eigenvalue weighted by molar-refractivity contribution is 5.54. The summed E-state index contributed by atoms with van der Waals surface area (Å²) in [5.41, 5.74) is -1.94. The first-order valence-electron chi connectivity index (χ1n) is 3.40. The van der Waals surface area contributed by atoms with E-state index < -0.39 is 23.2 Å². The standard InChI is InChI=1S/C8H3F4NO/c9-5-1-2-6(8(10,11)12)7(3-5)13-4-14/h1-3H. The van der Waals surface area contributed by atoms with Crippen LogP contribution in [0.1, 0.15) is 5.56 Å². The third kappa shape index (κ3) is 2.17. The Morgan fingerprint density at radius 2 is 1.93 bits per heavy atom. The van der Waals surface area contributed by atoms with Gasteiger partial charge in [0.1, 0.15) is 5.82 Å². The highest BCUT2D eigenvalue weighted by Crippen LogP contribution is 2.36. The molecule has 2 nitrogen and oxygen atoms in total. The first-order chi connectivity index (χ1) is 6.45. The largest absolute Gasteiger partial charge is 0.418 e. The maximum absolute atomic E-state index is 12.5. The predicted octanol–water partition coefficient (Wildman–Crippen LogP) is 2.81. The molecule has 0 spiro atoms. The molecule has 0 N–H and O–H groups in total. The number of hydrogen-bond donors (Lipinski definition) is 0. The fourth-order valence-electron chi connectivity index (χ4n) is 0.886. The molecule has 0 fully saturated rings. The fraction of sp³-hybridized carbons (Fsp3) is 0.125. The molecule has 0 aromatic heterocycles. The molecular weight excluding hydrogens is 202 g/mol. The molecule has 0 saturated carbocycles. The van der Waals surface area contributed by atoms with Crippen molar-refractivity contribution in [2.24, 2.45) is 4.99 Å². The van der Waals surface area contributed by atoms with Crippen LogP contribution >= 0.6 is 0 Å². The molecule has 0 aliphatic heterocycles. The summed E-state index contributed by atoms with van der Waals surface area (Å²) in [5.74, 6) is -0.896. The SMILES string of the molecule is O=C=Nc1cc(F)ccc1C(F)(F)F. The molecule has 74 valence electrons. The second kappa shape index (κ2) is 3.59. The summed E-state index contributed by atoms with van der Waals surface area (Å²) in [5, 5.41) is 0.